The molecule has 0 aliphatic carbocycles. The number of hydrogen-bond donors (Lipinski definition) is 1. The van der Waals surface area contributed by atoms with Crippen LogP contribution in [0, 0.1) is 5.92 Å². The van der Waals surface area contributed by atoms with Crippen LogP contribution in [0.1, 0.15) is 12.0 Å². The molecule has 0 aromatic heterocycles. The Morgan fingerprint density at radius 2 is 1.96 bits per heavy atom. The van der Waals surface area contributed by atoms with E-state index in [1.807, 2.05) is 18.2 Å². The molecule has 6 heteroatoms. The lowest BCUT2D eigenvalue weighted by Gasteiger charge is -2.17. The number of methoxy groups -OCH3 is 1. The largest absolute Gasteiger partial charge is 0.497 e. The summed E-state index contributed by atoms with van der Waals surface area (Å²) in [5.74, 6) is 0.173. The van der Waals surface area contributed by atoms with Crippen molar-refractivity contribution in [2.75, 3.05) is 19.0 Å². The minimum absolute atomic E-state index is 0.0326. The van der Waals surface area contributed by atoms with Crippen molar-refractivity contribution in [1.82, 2.24) is 4.90 Å². The van der Waals surface area contributed by atoms with Crippen molar-refractivity contribution in [2.24, 2.45) is 5.92 Å². The first-order valence-corrected chi connectivity index (χ1v) is 8.40. The van der Waals surface area contributed by atoms with E-state index in [0.29, 0.717) is 23.8 Å². The van der Waals surface area contributed by atoms with Gasteiger partial charge in [-0.25, -0.2) is 0 Å². The lowest BCUT2D eigenvalue weighted by molar-refractivity contribution is -0.128. The Bertz CT molecular complexity index is 776. The fourth-order valence-corrected chi connectivity index (χ4v) is 3.05. The second-order valence-electron chi connectivity index (χ2n) is 5.98. The summed E-state index contributed by atoms with van der Waals surface area (Å²) in [6, 6.07) is 14.5. The van der Waals surface area contributed by atoms with E-state index in [2.05, 4.69) is 5.32 Å². The van der Waals surface area contributed by atoms with E-state index in [-0.39, 0.29) is 24.2 Å². The average Bonchev–Trinajstić information content (AvgIpc) is 2.98. The van der Waals surface area contributed by atoms with Gasteiger partial charge in [0.15, 0.2) is 0 Å². The molecule has 1 fully saturated rings. The molecule has 25 heavy (non-hydrogen) atoms. The van der Waals surface area contributed by atoms with Gasteiger partial charge in [0.25, 0.3) is 0 Å². The fourth-order valence-electron chi connectivity index (χ4n) is 2.85. The van der Waals surface area contributed by atoms with E-state index in [4.69, 9.17) is 16.3 Å². The van der Waals surface area contributed by atoms with Gasteiger partial charge < -0.3 is 15.0 Å². The Hall–Kier alpha value is -2.53. The van der Waals surface area contributed by atoms with Crippen LogP contribution in [-0.2, 0) is 16.1 Å². The van der Waals surface area contributed by atoms with E-state index < -0.39 is 0 Å². The Kier molecular flexibility index (Phi) is 5.24. The predicted octanol–water partition coefficient (Wildman–Crippen LogP) is 3.34. The van der Waals surface area contributed by atoms with E-state index in [9.17, 15) is 9.59 Å². The van der Waals surface area contributed by atoms with E-state index >= 15 is 0 Å². The van der Waals surface area contributed by atoms with Crippen LogP contribution in [0.3, 0.4) is 0 Å². The van der Waals surface area contributed by atoms with E-state index in [1.54, 1.807) is 42.3 Å². The van der Waals surface area contributed by atoms with Gasteiger partial charge in [0.2, 0.25) is 11.8 Å². The van der Waals surface area contributed by atoms with Crippen molar-refractivity contribution in [3.63, 3.8) is 0 Å². The Morgan fingerprint density at radius 3 is 2.64 bits per heavy atom. The lowest BCUT2D eigenvalue weighted by Crippen LogP contribution is -2.28. The predicted molar refractivity (Wildman–Crippen MR) is 96.6 cm³/mol. The van der Waals surface area contributed by atoms with Crippen molar-refractivity contribution in [2.45, 2.75) is 13.0 Å². The zero-order chi connectivity index (χ0) is 17.8. The summed E-state index contributed by atoms with van der Waals surface area (Å²) in [4.78, 5) is 26.3. The summed E-state index contributed by atoms with van der Waals surface area (Å²) in [5.41, 5.74) is 1.57. The molecule has 5 nitrogen and oxygen atoms in total. The summed E-state index contributed by atoms with van der Waals surface area (Å²) in [6.45, 7) is 0.816. The molecule has 3 rings (SSSR count). The highest BCUT2D eigenvalue weighted by molar-refractivity contribution is 6.31. The molecule has 1 aliphatic heterocycles. The highest BCUT2D eigenvalue weighted by atomic mass is 35.5. The van der Waals surface area contributed by atoms with Crippen LogP contribution in [0.4, 0.5) is 5.69 Å². The summed E-state index contributed by atoms with van der Waals surface area (Å²) in [6.07, 6.45) is 0.215. The maximum absolute atomic E-state index is 12.4. The average molecular weight is 359 g/mol. The maximum Gasteiger partial charge on any atom is 0.229 e. The van der Waals surface area contributed by atoms with Gasteiger partial charge in [0.1, 0.15) is 5.75 Å². The second kappa shape index (κ2) is 7.57. The number of halogens is 1. The molecule has 2 aromatic carbocycles. The summed E-state index contributed by atoms with van der Waals surface area (Å²) in [7, 11) is 1.59. The number of benzene rings is 2. The Balaban J connectivity index is 1.61. The molecule has 0 saturated carbocycles. The van der Waals surface area contributed by atoms with Gasteiger partial charge in [-0.15, -0.1) is 0 Å². The number of anilines is 1. The smallest absolute Gasteiger partial charge is 0.229 e. The molecule has 1 saturated heterocycles. The highest BCUT2D eigenvalue weighted by Crippen LogP contribution is 2.25. The first kappa shape index (κ1) is 17.3. The molecule has 130 valence electrons. The minimum atomic E-state index is -0.364. The maximum atomic E-state index is 12.4. The Morgan fingerprint density at radius 1 is 1.24 bits per heavy atom. The number of hydrogen-bond acceptors (Lipinski definition) is 3. The number of ether oxygens (including phenoxy) is 1. The number of carbonyl (C=O) groups excluding carboxylic acids is 2. The van der Waals surface area contributed by atoms with Crippen molar-refractivity contribution in [3.8, 4) is 5.75 Å². The molecule has 1 heterocycles. The van der Waals surface area contributed by atoms with Gasteiger partial charge in [0.05, 0.1) is 13.0 Å². The minimum Gasteiger partial charge on any atom is -0.497 e. The van der Waals surface area contributed by atoms with Crippen LogP contribution < -0.4 is 10.1 Å². The molecule has 1 aliphatic rings. The standard InChI is InChI=1S/C19H19ClN2O3/c1-25-16-8-6-15(7-9-16)21-19(24)14-10-18(23)22(12-14)11-13-4-2-3-5-17(13)20/h2-9,14H,10-12H2,1H3,(H,21,24). The number of amides is 2. The van der Waals surface area contributed by atoms with Crippen LogP contribution >= 0.6 is 11.6 Å². The summed E-state index contributed by atoms with van der Waals surface area (Å²) >= 11 is 6.15. The normalized spacial score (nSPS) is 16.8. The third-order valence-electron chi connectivity index (χ3n) is 4.26. The lowest BCUT2D eigenvalue weighted by atomic mass is 10.1. The molecule has 1 unspecified atom stereocenters. The number of rotatable bonds is 5. The first-order chi connectivity index (χ1) is 12.1. The fraction of sp³-hybridized carbons (Fsp3) is 0.263. The van der Waals surface area contributed by atoms with Gasteiger partial charge in [-0.05, 0) is 35.9 Å². The molecule has 2 aromatic rings. The third-order valence-corrected chi connectivity index (χ3v) is 4.63. The molecule has 1 atom stereocenters. The van der Waals surface area contributed by atoms with Gasteiger partial charge in [-0.1, -0.05) is 29.8 Å². The second-order valence-corrected chi connectivity index (χ2v) is 6.39. The molecule has 0 spiro atoms. The molecule has 1 N–H and O–H groups in total. The summed E-state index contributed by atoms with van der Waals surface area (Å²) < 4.78 is 5.09. The van der Waals surface area contributed by atoms with Gasteiger partial charge in [0, 0.05) is 30.2 Å². The topological polar surface area (TPSA) is 58.6 Å². The highest BCUT2D eigenvalue weighted by Gasteiger charge is 2.34. The number of likely N-dealkylation sites (tertiary alicyclic amines) is 1. The van der Waals surface area contributed by atoms with E-state index in [0.717, 1.165) is 11.3 Å². The van der Waals surface area contributed by atoms with Gasteiger partial charge in [-0.3, -0.25) is 9.59 Å². The number of nitrogens with one attached hydrogen (secondary N) is 1. The number of carbonyl (C=O) groups is 2. The molecule has 2 amide bonds. The molecular formula is C19H19ClN2O3. The van der Waals surface area contributed by atoms with Crippen molar-refractivity contribution < 1.29 is 14.3 Å². The van der Waals surface area contributed by atoms with Crippen LogP contribution in [0.2, 0.25) is 5.02 Å². The Labute approximate surface area is 151 Å². The van der Waals surface area contributed by atoms with Crippen LogP contribution in [0.5, 0.6) is 5.75 Å². The quantitative estimate of drug-likeness (QED) is 0.891. The van der Waals surface area contributed by atoms with Gasteiger partial charge >= 0.3 is 0 Å². The third kappa shape index (κ3) is 4.12. The van der Waals surface area contributed by atoms with E-state index in [1.165, 1.54) is 0 Å². The SMILES string of the molecule is COc1ccc(NC(=O)C2CC(=O)N(Cc3ccccc3Cl)C2)cc1. The summed E-state index contributed by atoms with van der Waals surface area (Å²) in [5, 5.41) is 3.48. The van der Waals surface area contributed by atoms with Gasteiger partial charge in [-0.2, -0.15) is 0 Å². The van der Waals surface area contributed by atoms with Crippen LogP contribution in [-0.4, -0.2) is 30.4 Å². The molecular weight excluding hydrogens is 340 g/mol. The van der Waals surface area contributed by atoms with Crippen LogP contribution in [0.15, 0.2) is 48.5 Å². The molecule has 0 radical (unpaired) electrons. The van der Waals surface area contributed by atoms with Crippen molar-refractivity contribution in [1.29, 1.82) is 0 Å². The van der Waals surface area contributed by atoms with Crippen molar-refractivity contribution >= 4 is 29.1 Å². The van der Waals surface area contributed by atoms with Crippen molar-refractivity contribution in [3.05, 3.63) is 59.1 Å². The first-order valence-electron chi connectivity index (χ1n) is 8.03. The zero-order valence-corrected chi connectivity index (χ0v) is 14.6. The molecule has 0 bridgehead atoms. The monoisotopic (exact) mass is 358 g/mol. The van der Waals surface area contributed by atoms with Crippen LogP contribution in [0.25, 0.3) is 0 Å². The zero-order valence-electron chi connectivity index (χ0n) is 13.9. The number of nitrogens with zero attached hydrogens (tertiary/aromatic N) is 1.